The summed E-state index contributed by atoms with van der Waals surface area (Å²) in [5, 5.41) is 0. The Hall–Kier alpha value is -1.64. The highest BCUT2D eigenvalue weighted by atomic mass is 16.1. The van der Waals surface area contributed by atoms with E-state index >= 15 is 0 Å². The molecule has 0 bridgehead atoms. The molecule has 0 atom stereocenters. The number of Topliss-reactive ketones (excluding diaryl/α,β-unsaturated/α-hetero) is 1. The Labute approximate surface area is 95.1 Å². The van der Waals surface area contributed by atoms with Gasteiger partial charge in [0.25, 0.3) is 0 Å². The van der Waals surface area contributed by atoms with Gasteiger partial charge in [0.2, 0.25) is 6.41 Å². The molecule has 1 aliphatic rings. The fraction of sp³-hybridized carbons (Fsp3) is 0.385. The molecule has 3 nitrogen and oxygen atoms in total. The van der Waals surface area contributed by atoms with E-state index in [0.29, 0.717) is 0 Å². The maximum absolute atomic E-state index is 11.8. The summed E-state index contributed by atoms with van der Waals surface area (Å²) in [7, 11) is 0. The predicted molar refractivity (Wildman–Crippen MR) is 62.7 cm³/mol. The maximum atomic E-state index is 11.8. The predicted octanol–water partition coefficient (Wildman–Crippen LogP) is 2.04. The van der Waals surface area contributed by atoms with Crippen LogP contribution in [0.15, 0.2) is 18.2 Å². The number of carbonyl (C=O) groups is 2. The summed E-state index contributed by atoms with van der Waals surface area (Å²) in [6, 6.07) is 5.59. The molecule has 1 heterocycles. The second kappa shape index (κ2) is 4.08. The Kier molecular flexibility index (Phi) is 2.77. The largest absolute Gasteiger partial charge is 0.314 e. The second-order valence-electron chi connectivity index (χ2n) is 4.41. The first-order valence-electron chi connectivity index (χ1n) is 5.52. The van der Waals surface area contributed by atoms with Gasteiger partial charge < -0.3 is 4.90 Å². The molecule has 84 valence electrons. The molecule has 1 aromatic rings. The highest BCUT2D eigenvalue weighted by Gasteiger charge is 2.20. The summed E-state index contributed by atoms with van der Waals surface area (Å²) in [6.45, 7) is 4.51. The number of hydrogen-bond acceptors (Lipinski definition) is 2. The van der Waals surface area contributed by atoms with Crippen molar-refractivity contribution in [1.82, 2.24) is 0 Å². The minimum absolute atomic E-state index is 0.0154. The molecule has 0 radical (unpaired) electrons. The lowest BCUT2D eigenvalue weighted by Crippen LogP contribution is -2.17. The number of ketones is 1. The minimum atomic E-state index is 0.0154. The van der Waals surface area contributed by atoms with Gasteiger partial charge in [-0.2, -0.15) is 0 Å². The normalized spacial score (nSPS) is 14.1. The third-order valence-electron chi connectivity index (χ3n) is 2.95. The highest BCUT2D eigenvalue weighted by molar-refractivity contribution is 5.98. The van der Waals surface area contributed by atoms with Crippen molar-refractivity contribution in [1.29, 1.82) is 0 Å². The molecule has 16 heavy (non-hydrogen) atoms. The molecule has 0 aromatic heterocycles. The maximum Gasteiger partial charge on any atom is 0.214 e. The zero-order chi connectivity index (χ0) is 11.7. The van der Waals surface area contributed by atoms with Crippen LogP contribution in [0.4, 0.5) is 5.69 Å². The first kappa shape index (κ1) is 10.9. The number of anilines is 1. The molecule has 2 rings (SSSR count). The fourth-order valence-electron chi connectivity index (χ4n) is 2.02. The van der Waals surface area contributed by atoms with Crippen LogP contribution in [0.3, 0.4) is 0 Å². The SMILES string of the molecule is CC(C)C(=O)c1ccc2c(c1)CCN2C=O. The Bertz CT molecular complexity index is 438. The van der Waals surface area contributed by atoms with Crippen LogP contribution in [0.25, 0.3) is 0 Å². The molecule has 1 amide bonds. The number of amides is 1. The zero-order valence-electron chi connectivity index (χ0n) is 9.56. The number of carbonyl (C=O) groups excluding carboxylic acids is 2. The van der Waals surface area contributed by atoms with Crippen molar-refractivity contribution < 1.29 is 9.59 Å². The smallest absolute Gasteiger partial charge is 0.214 e. The molecule has 0 fully saturated rings. The lowest BCUT2D eigenvalue weighted by atomic mass is 9.98. The molecule has 0 N–H and O–H groups in total. The Morgan fingerprint density at radius 3 is 2.81 bits per heavy atom. The van der Waals surface area contributed by atoms with E-state index in [0.717, 1.165) is 36.2 Å². The van der Waals surface area contributed by atoms with Crippen LogP contribution in [0.1, 0.15) is 29.8 Å². The fourth-order valence-corrected chi connectivity index (χ4v) is 2.02. The van der Waals surface area contributed by atoms with Gasteiger partial charge in [-0.1, -0.05) is 13.8 Å². The average molecular weight is 217 g/mol. The van der Waals surface area contributed by atoms with E-state index in [9.17, 15) is 9.59 Å². The van der Waals surface area contributed by atoms with Crippen molar-refractivity contribution in [2.75, 3.05) is 11.4 Å². The molecular formula is C13H15NO2. The van der Waals surface area contributed by atoms with Crippen molar-refractivity contribution in [2.24, 2.45) is 5.92 Å². The van der Waals surface area contributed by atoms with E-state index in [4.69, 9.17) is 0 Å². The number of benzene rings is 1. The van der Waals surface area contributed by atoms with Gasteiger partial charge in [0.05, 0.1) is 0 Å². The summed E-state index contributed by atoms with van der Waals surface area (Å²) in [5.74, 6) is 0.175. The average Bonchev–Trinajstić information content (AvgIpc) is 2.69. The Balaban J connectivity index is 2.35. The van der Waals surface area contributed by atoms with Gasteiger partial charge in [0.15, 0.2) is 5.78 Å². The number of nitrogens with zero attached hydrogens (tertiary/aromatic N) is 1. The third-order valence-corrected chi connectivity index (χ3v) is 2.95. The van der Waals surface area contributed by atoms with Crippen LogP contribution in [0, 0.1) is 5.92 Å². The topological polar surface area (TPSA) is 37.4 Å². The van der Waals surface area contributed by atoms with E-state index in [1.807, 2.05) is 32.0 Å². The van der Waals surface area contributed by atoms with Crippen LogP contribution in [0.5, 0.6) is 0 Å². The van der Waals surface area contributed by atoms with Gasteiger partial charge in [0.1, 0.15) is 0 Å². The Morgan fingerprint density at radius 2 is 2.19 bits per heavy atom. The van der Waals surface area contributed by atoms with Gasteiger partial charge in [-0.25, -0.2) is 0 Å². The van der Waals surface area contributed by atoms with E-state index in [1.165, 1.54) is 0 Å². The van der Waals surface area contributed by atoms with Crippen molar-refractivity contribution in [2.45, 2.75) is 20.3 Å². The van der Waals surface area contributed by atoms with Crippen LogP contribution < -0.4 is 4.90 Å². The monoisotopic (exact) mass is 217 g/mol. The van der Waals surface area contributed by atoms with Crippen molar-refractivity contribution in [3.8, 4) is 0 Å². The van der Waals surface area contributed by atoms with Crippen LogP contribution >= 0.6 is 0 Å². The molecule has 0 unspecified atom stereocenters. The van der Waals surface area contributed by atoms with E-state index in [2.05, 4.69) is 0 Å². The quantitative estimate of drug-likeness (QED) is 0.574. The summed E-state index contributed by atoms with van der Waals surface area (Å²) < 4.78 is 0. The molecule has 1 aromatic carbocycles. The number of fused-ring (bicyclic) bond motifs is 1. The molecule has 3 heteroatoms. The van der Waals surface area contributed by atoms with Gasteiger partial charge >= 0.3 is 0 Å². The van der Waals surface area contributed by atoms with Crippen LogP contribution in [-0.4, -0.2) is 18.7 Å². The Morgan fingerprint density at radius 1 is 1.44 bits per heavy atom. The lowest BCUT2D eigenvalue weighted by Gasteiger charge is -2.11. The number of rotatable bonds is 3. The van der Waals surface area contributed by atoms with E-state index in [-0.39, 0.29) is 11.7 Å². The van der Waals surface area contributed by atoms with Crippen molar-refractivity contribution in [3.05, 3.63) is 29.3 Å². The van der Waals surface area contributed by atoms with Gasteiger partial charge in [-0.3, -0.25) is 9.59 Å². The highest BCUT2D eigenvalue weighted by Crippen LogP contribution is 2.28. The molecular weight excluding hydrogens is 202 g/mol. The second-order valence-corrected chi connectivity index (χ2v) is 4.41. The minimum Gasteiger partial charge on any atom is -0.314 e. The van der Waals surface area contributed by atoms with Gasteiger partial charge in [-0.15, -0.1) is 0 Å². The molecule has 0 saturated carbocycles. The van der Waals surface area contributed by atoms with E-state index < -0.39 is 0 Å². The lowest BCUT2D eigenvalue weighted by molar-refractivity contribution is -0.107. The third kappa shape index (κ3) is 1.73. The zero-order valence-corrected chi connectivity index (χ0v) is 9.56. The van der Waals surface area contributed by atoms with Gasteiger partial charge in [0, 0.05) is 23.7 Å². The molecule has 1 aliphatic heterocycles. The van der Waals surface area contributed by atoms with Crippen molar-refractivity contribution >= 4 is 17.9 Å². The summed E-state index contributed by atoms with van der Waals surface area (Å²) in [5.41, 5.74) is 2.79. The molecule has 0 aliphatic carbocycles. The first-order valence-corrected chi connectivity index (χ1v) is 5.52. The standard InChI is InChI=1S/C13H15NO2/c1-9(2)13(16)11-3-4-12-10(7-11)5-6-14(12)8-15/h3-4,7-9H,5-6H2,1-2H3. The van der Waals surface area contributed by atoms with Crippen LogP contribution in [0.2, 0.25) is 0 Å². The summed E-state index contributed by atoms with van der Waals surface area (Å²) in [6.07, 6.45) is 1.68. The first-order chi connectivity index (χ1) is 7.63. The van der Waals surface area contributed by atoms with Crippen LogP contribution in [-0.2, 0) is 11.2 Å². The van der Waals surface area contributed by atoms with Crippen molar-refractivity contribution in [3.63, 3.8) is 0 Å². The van der Waals surface area contributed by atoms with Gasteiger partial charge in [-0.05, 0) is 30.2 Å². The molecule has 0 saturated heterocycles. The van der Waals surface area contributed by atoms with E-state index in [1.54, 1.807) is 4.90 Å². The number of hydrogen-bond donors (Lipinski definition) is 0. The summed E-state index contributed by atoms with van der Waals surface area (Å²) >= 11 is 0. The molecule has 0 spiro atoms. The summed E-state index contributed by atoms with van der Waals surface area (Å²) in [4.78, 5) is 24.2.